The summed E-state index contributed by atoms with van der Waals surface area (Å²) in [5.74, 6) is -0.309. The van der Waals surface area contributed by atoms with Gasteiger partial charge in [0.05, 0.1) is 5.33 Å². The van der Waals surface area contributed by atoms with Crippen molar-refractivity contribution >= 4 is 40.9 Å². The van der Waals surface area contributed by atoms with E-state index in [2.05, 4.69) is 15.9 Å². The highest BCUT2D eigenvalue weighted by molar-refractivity contribution is 9.09. The van der Waals surface area contributed by atoms with E-state index in [1.807, 2.05) is 30.3 Å². The lowest BCUT2D eigenvalue weighted by Crippen LogP contribution is -2.36. The van der Waals surface area contributed by atoms with Crippen LogP contribution < -0.4 is 0 Å². The van der Waals surface area contributed by atoms with Crippen molar-refractivity contribution in [1.82, 2.24) is 4.90 Å². The largest absolute Gasteiger partial charge is 0.352 e. The van der Waals surface area contributed by atoms with Crippen molar-refractivity contribution in [2.75, 3.05) is 18.4 Å². The fourth-order valence-electron chi connectivity index (χ4n) is 2.48. The van der Waals surface area contributed by atoms with Gasteiger partial charge in [-0.3, -0.25) is 9.59 Å². The zero-order chi connectivity index (χ0) is 14.5. The highest BCUT2D eigenvalue weighted by Crippen LogP contribution is 2.28. The molecule has 0 unspecified atom stereocenters. The maximum Gasteiger partial charge on any atom is 0.200 e. The van der Waals surface area contributed by atoms with Crippen molar-refractivity contribution in [1.29, 1.82) is 0 Å². The van der Waals surface area contributed by atoms with E-state index in [1.165, 1.54) is 0 Å². The molecule has 1 aliphatic rings. The molecule has 1 heterocycles. The van der Waals surface area contributed by atoms with Crippen molar-refractivity contribution < 1.29 is 9.59 Å². The average Bonchev–Trinajstić information content (AvgIpc) is 2.49. The number of Topliss-reactive ketones (excluding diaryl/α,β-unsaturated/α-hetero) is 1. The van der Waals surface area contributed by atoms with Crippen LogP contribution in [0.1, 0.15) is 18.4 Å². The number of benzene rings is 1. The van der Waals surface area contributed by atoms with Crippen molar-refractivity contribution in [3.63, 3.8) is 0 Å². The minimum atomic E-state index is -0.392. The molecule has 20 heavy (non-hydrogen) atoms. The first-order chi connectivity index (χ1) is 9.63. The van der Waals surface area contributed by atoms with Gasteiger partial charge in [-0.25, -0.2) is 0 Å². The van der Waals surface area contributed by atoms with Crippen LogP contribution in [0.25, 0.3) is 5.57 Å². The number of likely N-dealkylation sites (tertiary alicyclic amines) is 1. The molecule has 102 valence electrons. The molecule has 3 nitrogen and oxygen atoms in total. The number of carbonyl (C=O) groups excluding carboxylic acids is 2. The Bertz CT molecular complexity index is 532. The number of hydrogen-bond acceptors (Lipinski definition) is 2. The number of carbonyl (C=O) groups is 2. The van der Waals surface area contributed by atoms with E-state index in [-0.39, 0.29) is 5.78 Å². The Morgan fingerprint density at radius 2 is 1.75 bits per heavy atom. The highest BCUT2D eigenvalue weighted by atomic mass is 79.9. The molecule has 5 heteroatoms. The van der Waals surface area contributed by atoms with Gasteiger partial charge in [0.1, 0.15) is 0 Å². The summed E-state index contributed by atoms with van der Waals surface area (Å²) in [6.07, 6.45) is 1.40. The molecule has 0 atom stereocenters. The Hall–Kier alpha value is -1.36. The number of hydrogen-bond donors (Lipinski definition) is 0. The molecular formula is C15H15BBrNO2. The van der Waals surface area contributed by atoms with Crippen LogP contribution in [0, 0.1) is 0 Å². The summed E-state index contributed by atoms with van der Waals surface area (Å²) in [6.45, 7) is 1.16. The fourth-order valence-corrected chi connectivity index (χ4v) is 2.76. The Labute approximate surface area is 128 Å². The molecule has 0 aliphatic carbocycles. The number of ketones is 1. The average molecular weight is 332 g/mol. The zero-order valence-corrected chi connectivity index (χ0v) is 12.7. The molecule has 0 saturated carbocycles. The molecule has 1 saturated heterocycles. The van der Waals surface area contributed by atoms with Crippen molar-refractivity contribution in [3.8, 4) is 0 Å². The summed E-state index contributed by atoms with van der Waals surface area (Å²) in [5.41, 5.74) is 2.84. The second-order valence-corrected chi connectivity index (χ2v) is 5.29. The maximum absolute atomic E-state index is 12.2. The predicted molar refractivity (Wildman–Crippen MR) is 84.1 cm³/mol. The quantitative estimate of drug-likeness (QED) is 0.485. The summed E-state index contributed by atoms with van der Waals surface area (Å²) < 4.78 is 0. The summed E-state index contributed by atoms with van der Waals surface area (Å²) in [5, 5.41) is 0.306. The molecule has 2 rings (SSSR count). The van der Waals surface area contributed by atoms with Gasteiger partial charge in [0, 0.05) is 18.7 Å². The van der Waals surface area contributed by atoms with E-state index in [1.54, 1.807) is 4.90 Å². The second kappa shape index (κ2) is 6.89. The molecule has 1 amide bonds. The SMILES string of the molecule is [B]C(=O)N1CCC(=C(C(=O)CBr)c2ccccc2)CC1. The van der Waals surface area contributed by atoms with Crippen LogP contribution in [-0.2, 0) is 4.79 Å². The fraction of sp³-hybridized carbons (Fsp3) is 0.333. The van der Waals surface area contributed by atoms with Gasteiger partial charge in [-0.15, -0.1) is 0 Å². The molecule has 1 aromatic rings. The van der Waals surface area contributed by atoms with E-state index >= 15 is 0 Å². The first-order valence-electron chi connectivity index (χ1n) is 6.54. The molecule has 0 N–H and O–H groups in total. The van der Waals surface area contributed by atoms with Crippen LogP contribution in [0.5, 0.6) is 0 Å². The van der Waals surface area contributed by atoms with Crippen LogP contribution in [0.2, 0.25) is 0 Å². The first-order valence-corrected chi connectivity index (χ1v) is 7.66. The van der Waals surface area contributed by atoms with E-state index in [0.717, 1.165) is 16.7 Å². The highest BCUT2D eigenvalue weighted by Gasteiger charge is 2.22. The summed E-state index contributed by atoms with van der Waals surface area (Å²) in [6, 6.07) is 9.68. The van der Waals surface area contributed by atoms with Gasteiger partial charge in [-0.05, 0) is 18.4 Å². The van der Waals surface area contributed by atoms with Crippen LogP contribution in [0.15, 0.2) is 35.9 Å². The predicted octanol–water partition coefficient (Wildman–Crippen LogP) is 2.79. The second-order valence-electron chi connectivity index (χ2n) is 4.73. The van der Waals surface area contributed by atoms with E-state index in [4.69, 9.17) is 7.85 Å². The Morgan fingerprint density at radius 1 is 1.15 bits per heavy atom. The number of allylic oxidation sites excluding steroid dienone is 1. The van der Waals surface area contributed by atoms with Gasteiger partial charge in [0.25, 0.3) is 0 Å². The standard InChI is InChI=1S/C15H15BBrNO2/c16-15(20)18-8-6-12(7-9-18)14(13(19)10-17)11-4-2-1-3-5-11/h1-5H,6-10H2. The smallest absolute Gasteiger partial charge is 0.200 e. The topological polar surface area (TPSA) is 37.4 Å². The molecule has 1 aromatic carbocycles. The van der Waals surface area contributed by atoms with Crippen LogP contribution in [-0.4, -0.2) is 42.8 Å². The first kappa shape index (κ1) is 15.0. The van der Waals surface area contributed by atoms with E-state index in [9.17, 15) is 9.59 Å². The van der Waals surface area contributed by atoms with Gasteiger partial charge >= 0.3 is 0 Å². The van der Waals surface area contributed by atoms with Crippen molar-refractivity contribution in [2.45, 2.75) is 12.8 Å². The van der Waals surface area contributed by atoms with Crippen LogP contribution in [0.3, 0.4) is 0 Å². The molecule has 2 radical (unpaired) electrons. The maximum atomic E-state index is 12.2. The number of amides is 1. The molecule has 0 spiro atoms. The molecule has 0 bridgehead atoms. The Kier molecular flexibility index (Phi) is 5.18. The summed E-state index contributed by atoms with van der Waals surface area (Å²) in [4.78, 5) is 25.0. The van der Waals surface area contributed by atoms with E-state index < -0.39 is 5.81 Å². The monoisotopic (exact) mass is 331 g/mol. The minimum absolute atomic E-state index is 0.0822. The molecule has 1 aliphatic heterocycles. The molecule has 0 aromatic heterocycles. The third-order valence-electron chi connectivity index (χ3n) is 3.49. The van der Waals surface area contributed by atoms with Gasteiger partial charge in [-0.1, -0.05) is 51.8 Å². The molecule has 1 fully saturated rings. The van der Waals surface area contributed by atoms with Gasteiger partial charge in [0.15, 0.2) is 11.6 Å². The van der Waals surface area contributed by atoms with Gasteiger partial charge in [-0.2, -0.15) is 0 Å². The number of halogens is 1. The number of rotatable bonds is 3. The Balaban J connectivity index is 2.30. The van der Waals surface area contributed by atoms with Crippen LogP contribution >= 0.6 is 15.9 Å². The normalized spacial score (nSPS) is 15.1. The van der Waals surface area contributed by atoms with Gasteiger partial charge in [0.2, 0.25) is 7.85 Å². The third-order valence-corrected chi connectivity index (χ3v) is 4.00. The zero-order valence-electron chi connectivity index (χ0n) is 11.1. The summed E-state index contributed by atoms with van der Waals surface area (Å²) in [7, 11) is 5.28. The summed E-state index contributed by atoms with van der Waals surface area (Å²) >= 11 is 3.25. The van der Waals surface area contributed by atoms with Crippen molar-refractivity contribution in [3.05, 3.63) is 41.5 Å². The lowest BCUT2D eigenvalue weighted by atomic mass is 9.90. The minimum Gasteiger partial charge on any atom is -0.352 e. The Morgan fingerprint density at radius 3 is 2.25 bits per heavy atom. The van der Waals surface area contributed by atoms with Crippen molar-refractivity contribution in [2.24, 2.45) is 0 Å². The lowest BCUT2D eigenvalue weighted by molar-refractivity contribution is -0.111. The molecular weight excluding hydrogens is 317 g/mol. The number of nitrogens with zero attached hydrogens (tertiary/aromatic N) is 1. The third kappa shape index (κ3) is 3.39. The lowest BCUT2D eigenvalue weighted by Gasteiger charge is -2.29. The number of alkyl halides is 1. The van der Waals surface area contributed by atoms with E-state index in [0.29, 0.717) is 31.3 Å². The van der Waals surface area contributed by atoms with Gasteiger partial charge < -0.3 is 4.90 Å². The number of piperidine rings is 1. The van der Waals surface area contributed by atoms with Crippen LogP contribution in [0.4, 0.5) is 4.79 Å².